The van der Waals surface area contributed by atoms with Crippen LogP contribution in [0.2, 0.25) is 5.02 Å². The molecule has 0 bridgehead atoms. The molecule has 0 radical (unpaired) electrons. The molecule has 0 spiro atoms. The molecule has 4 rings (SSSR count). The first-order valence-electron chi connectivity index (χ1n) is 8.40. The summed E-state index contributed by atoms with van der Waals surface area (Å²) >= 11 is 9.46. The predicted octanol–water partition coefficient (Wildman–Crippen LogP) is 5.29. The van der Waals surface area contributed by atoms with Gasteiger partial charge in [-0.3, -0.25) is 14.4 Å². The number of fused-ring (bicyclic) bond motifs is 1. The van der Waals surface area contributed by atoms with Gasteiger partial charge in [-0.1, -0.05) is 23.7 Å². The maximum atomic E-state index is 13.2. The Bertz CT molecular complexity index is 1160. The number of amides is 3. The second-order valence-electron chi connectivity index (χ2n) is 6.24. The van der Waals surface area contributed by atoms with Crippen molar-refractivity contribution < 1.29 is 18.8 Å². The largest absolute Gasteiger partial charge is 0.322 e. The summed E-state index contributed by atoms with van der Waals surface area (Å²) < 4.78 is 13.5. The minimum atomic E-state index is -0.471. The number of imide groups is 1. The Balaban J connectivity index is 1.60. The van der Waals surface area contributed by atoms with Crippen LogP contribution >= 0.6 is 27.5 Å². The highest BCUT2D eigenvalue weighted by Crippen LogP contribution is 2.35. The lowest BCUT2D eigenvalue weighted by atomic mass is 10.1. The van der Waals surface area contributed by atoms with Crippen molar-refractivity contribution in [3.8, 4) is 0 Å². The third-order valence-corrected chi connectivity index (χ3v) is 5.38. The van der Waals surface area contributed by atoms with Gasteiger partial charge in [-0.15, -0.1) is 0 Å². The number of hydrogen-bond donors (Lipinski definition) is 1. The van der Waals surface area contributed by atoms with Gasteiger partial charge in [0.05, 0.1) is 27.4 Å². The number of halogens is 3. The molecule has 1 aliphatic rings. The van der Waals surface area contributed by atoms with Crippen LogP contribution in [0.15, 0.2) is 65.1 Å². The second kappa shape index (κ2) is 7.42. The lowest BCUT2D eigenvalue weighted by molar-refractivity contribution is 0.0924. The van der Waals surface area contributed by atoms with E-state index in [1.54, 1.807) is 24.3 Å². The fraction of sp³-hybridized carbons (Fsp3) is 0. The van der Waals surface area contributed by atoms with Crippen molar-refractivity contribution in [2.24, 2.45) is 0 Å². The average Bonchev–Trinajstić information content (AvgIpc) is 2.93. The van der Waals surface area contributed by atoms with Crippen LogP contribution in [0.4, 0.5) is 15.8 Å². The Kier molecular flexibility index (Phi) is 4.94. The summed E-state index contributed by atoms with van der Waals surface area (Å²) in [7, 11) is 0. The summed E-state index contributed by atoms with van der Waals surface area (Å²) in [6.07, 6.45) is 0. The Morgan fingerprint density at radius 2 is 1.62 bits per heavy atom. The van der Waals surface area contributed by atoms with Gasteiger partial charge in [0.1, 0.15) is 5.82 Å². The van der Waals surface area contributed by atoms with Crippen molar-refractivity contribution in [2.45, 2.75) is 0 Å². The molecule has 1 heterocycles. The minimum Gasteiger partial charge on any atom is -0.322 e. The van der Waals surface area contributed by atoms with E-state index in [0.717, 1.165) is 4.90 Å². The summed E-state index contributed by atoms with van der Waals surface area (Å²) in [5, 5.41) is 2.77. The number of hydrogen-bond acceptors (Lipinski definition) is 3. The van der Waals surface area contributed by atoms with Crippen LogP contribution in [0, 0.1) is 5.82 Å². The summed E-state index contributed by atoms with van der Waals surface area (Å²) in [5.74, 6) is -1.86. The van der Waals surface area contributed by atoms with Gasteiger partial charge in [-0.25, -0.2) is 9.29 Å². The monoisotopic (exact) mass is 472 g/mol. The summed E-state index contributed by atoms with van der Waals surface area (Å²) in [6.45, 7) is 0. The maximum Gasteiger partial charge on any atom is 0.266 e. The van der Waals surface area contributed by atoms with Crippen molar-refractivity contribution in [1.29, 1.82) is 0 Å². The number of carbonyl (C=O) groups is 3. The Hall–Kier alpha value is -3.03. The zero-order valence-electron chi connectivity index (χ0n) is 14.6. The summed E-state index contributed by atoms with van der Waals surface area (Å²) in [4.78, 5) is 38.7. The SMILES string of the molecule is O=C(Nc1ccc(N2C(=O)c3ccccc3C2=O)c(Cl)c1)c1ccc(F)cc1Br. The fourth-order valence-corrected chi connectivity index (χ4v) is 3.84. The van der Waals surface area contributed by atoms with E-state index in [4.69, 9.17) is 11.6 Å². The smallest absolute Gasteiger partial charge is 0.266 e. The second-order valence-corrected chi connectivity index (χ2v) is 7.50. The van der Waals surface area contributed by atoms with Gasteiger partial charge in [-0.2, -0.15) is 0 Å². The van der Waals surface area contributed by atoms with Gasteiger partial charge < -0.3 is 5.32 Å². The van der Waals surface area contributed by atoms with E-state index in [0.29, 0.717) is 21.3 Å². The average molecular weight is 474 g/mol. The van der Waals surface area contributed by atoms with E-state index in [-0.39, 0.29) is 16.3 Å². The molecule has 0 unspecified atom stereocenters. The van der Waals surface area contributed by atoms with Crippen molar-refractivity contribution >= 4 is 56.6 Å². The maximum absolute atomic E-state index is 13.2. The molecule has 29 heavy (non-hydrogen) atoms. The van der Waals surface area contributed by atoms with Crippen LogP contribution in [0.5, 0.6) is 0 Å². The first-order chi connectivity index (χ1) is 13.9. The highest BCUT2D eigenvalue weighted by Gasteiger charge is 2.37. The molecule has 3 aromatic carbocycles. The van der Waals surface area contributed by atoms with E-state index < -0.39 is 23.5 Å². The number of nitrogens with one attached hydrogen (secondary N) is 1. The summed E-state index contributed by atoms with van der Waals surface area (Å²) in [5.41, 5.74) is 1.45. The quantitative estimate of drug-likeness (QED) is 0.525. The third kappa shape index (κ3) is 3.43. The Morgan fingerprint density at radius 1 is 0.966 bits per heavy atom. The van der Waals surface area contributed by atoms with E-state index in [9.17, 15) is 18.8 Å². The van der Waals surface area contributed by atoms with Crippen molar-refractivity contribution in [3.05, 3.63) is 92.7 Å². The minimum absolute atomic E-state index is 0.121. The number of anilines is 2. The van der Waals surface area contributed by atoms with Crippen molar-refractivity contribution in [2.75, 3.05) is 10.2 Å². The van der Waals surface area contributed by atoms with Crippen molar-refractivity contribution in [1.82, 2.24) is 0 Å². The number of nitrogens with zero attached hydrogens (tertiary/aromatic N) is 1. The molecule has 0 atom stereocenters. The molecule has 3 amide bonds. The van der Waals surface area contributed by atoms with E-state index in [2.05, 4.69) is 21.2 Å². The Morgan fingerprint density at radius 3 is 2.21 bits per heavy atom. The fourth-order valence-electron chi connectivity index (χ4n) is 3.05. The zero-order valence-corrected chi connectivity index (χ0v) is 16.9. The van der Waals surface area contributed by atoms with Gasteiger partial charge in [0.25, 0.3) is 17.7 Å². The number of carbonyl (C=O) groups excluding carboxylic acids is 3. The van der Waals surface area contributed by atoms with Crippen LogP contribution in [-0.4, -0.2) is 17.7 Å². The molecular weight excluding hydrogens is 463 g/mol. The van der Waals surface area contributed by atoms with Gasteiger partial charge in [0, 0.05) is 10.2 Å². The first kappa shape index (κ1) is 19.3. The molecule has 1 aliphatic heterocycles. The van der Waals surface area contributed by atoms with Crippen LogP contribution < -0.4 is 10.2 Å². The van der Waals surface area contributed by atoms with Gasteiger partial charge in [0.2, 0.25) is 0 Å². The molecule has 3 aromatic rings. The highest BCUT2D eigenvalue weighted by atomic mass is 79.9. The molecule has 8 heteroatoms. The molecule has 5 nitrogen and oxygen atoms in total. The van der Waals surface area contributed by atoms with Crippen LogP contribution in [0.1, 0.15) is 31.1 Å². The van der Waals surface area contributed by atoms with E-state index in [1.165, 1.54) is 36.4 Å². The number of rotatable bonds is 3. The van der Waals surface area contributed by atoms with Crippen LogP contribution in [-0.2, 0) is 0 Å². The topological polar surface area (TPSA) is 66.5 Å². The molecule has 1 N–H and O–H groups in total. The molecule has 0 aliphatic carbocycles. The van der Waals surface area contributed by atoms with Crippen LogP contribution in [0.3, 0.4) is 0 Å². The van der Waals surface area contributed by atoms with Crippen molar-refractivity contribution in [3.63, 3.8) is 0 Å². The molecule has 0 aromatic heterocycles. The number of benzene rings is 3. The molecule has 0 saturated carbocycles. The molecule has 0 saturated heterocycles. The lowest BCUT2D eigenvalue weighted by Crippen LogP contribution is -2.29. The highest BCUT2D eigenvalue weighted by molar-refractivity contribution is 9.10. The Labute approximate surface area is 178 Å². The normalized spacial score (nSPS) is 12.9. The molecule has 0 fully saturated rings. The van der Waals surface area contributed by atoms with Gasteiger partial charge in [-0.05, 0) is 64.5 Å². The van der Waals surface area contributed by atoms with Gasteiger partial charge in [0.15, 0.2) is 0 Å². The van der Waals surface area contributed by atoms with Gasteiger partial charge >= 0.3 is 0 Å². The standard InChI is InChI=1S/C21H11BrClFN2O3/c22-16-9-11(24)5-7-15(16)19(27)25-12-6-8-18(17(23)10-12)26-20(28)13-3-1-2-4-14(13)21(26)29/h1-10H,(H,25,27). The van der Waals surface area contributed by atoms with E-state index in [1.807, 2.05) is 0 Å². The summed E-state index contributed by atoms with van der Waals surface area (Å²) in [6, 6.07) is 14.7. The van der Waals surface area contributed by atoms with E-state index >= 15 is 0 Å². The van der Waals surface area contributed by atoms with Crippen LogP contribution in [0.25, 0.3) is 0 Å². The lowest BCUT2D eigenvalue weighted by Gasteiger charge is -2.16. The predicted molar refractivity (Wildman–Crippen MR) is 111 cm³/mol. The zero-order chi connectivity index (χ0) is 20.7. The molecule has 144 valence electrons. The third-order valence-electron chi connectivity index (χ3n) is 4.42. The first-order valence-corrected chi connectivity index (χ1v) is 9.57. The molecular formula is C21H11BrClFN2O3.